The number of ether oxygens (including phenoxy) is 1. The summed E-state index contributed by atoms with van der Waals surface area (Å²) in [5.41, 5.74) is 0.0173. The summed E-state index contributed by atoms with van der Waals surface area (Å²) in [6, 6.07) is 0. The molecule has 1 atom stereocenters. The van der Waals surface area contributed by atoms with E-state index < -0.39 is 17.8 Å². The molecular formula is C11H17N3O3. The standard InChI is InChI=1S/C11H17N3O3/c1-7(15)8-5-12-9(13-6-8)14-10(16)17-11(2,3)4/h5-7,15H,1-4H3,(H,12,13,14,16). The zero-order chi connectivity index (χ0) is 13.1. The molecule has 0 fully saturated rings. The molecule has 0 aliphatic rings. The summed E-state index contributed by atoms with van der Waals surface area (Å²) in [7, 11) is 0. The highest BCUT2D eigenvalue weighted by Gasteiger charge is 2.16. The van der Waals surface area contributed by atoms with Crippen molar-refractivity contribution in [3.63, 3.8) is 0 Å². The fourth-order valence-electron chi connectivity index (χ4n) is 1.01. The SMILES string of the molecule is CC(O)c1cnc(NC(=O)OC(C)(C)C)nc1. The number of carbonyl (C=O) groups is 1. The Bertz CT molecular complexity index is 382. The molecule has 0 saturated heterocycles. The summed E-state index contributed by atoms with van der Waals surface area (Å²) in [6.07, 6.45) is 1.65. The molecule has 6 heteroatoms. The quantitative estimate of drug-likeness (QED) is 0.823. The Morgan fingerprint density at radius 2 is 1.94 bits per heavy atom. The zero-order valence-corrected chi connectivity index (χ0v) is 10.4. The minimum Gasteiger partial charge on any atom is -0.444 e. The average molecular weight is 239 g/mol. The molecule has 1 rings (SSSR count). The molecule has 0 aromatic carbocycles. The number of aliphatic hydroxyl groups is 1. The number of aliphatic hydroxyl groups excluding tert-OH is 1. The maximum absolute atomic E-state index is 11.4. The van der Waals surface area contributed by atoms with Crippen molar-refractivity contribution in [2.24, 2.45) is 0 Å². The number of nitrogens with zero attached hydrogens (tertiary/aromatic N) is 2. The van der Waals surface area contributed by atoms with Gasteiger partial charge < -0.3 is 9.84 Å². The van der Waals surface area contributed by atoms with E-state index in [0.717, 1.165) is 0 Å². The van der Waals surface area contributed by atoms with Crippen LogP contribution >= 0.6 is 0 Å². The number of nitrogens with one attached hydrogen (secondary N) is 1. The summed E-state index contributed by atoms with van der Waals surface area (Å²) in [5, 5.41) is 11.7. The van der Waals surface area contributed by atoms with Gasteiger partial charge in [-0.05, 0) is 27.7 Å². The number of carbonyl (C=O) groups excluding carboxylic acids is 1. The lowest BCUT2D eigenvalue weighted by atomic mass is 10.2. The first-order valence-electron chi connectivity index (χ1n) is 5.28. The van der Waals surface area contributed by atoms with Crippen LogP contribution in [-0.4, -0.2) is 26.8 Å². The highest BCUT2D eigenvalue weighted by Crippen LogP contribution is 2.11. The van der Waals surface area contributed by atoms with E-state index >= 15 is 0 Å². The lowest BCUT2D eigenvalue weighted by Gasteiger charge is -2.19. The Balaban J connectivity index is 2.61. The third-order valence-electron chi connectivity index (χ3n) is 1.77. The molecule has 1 aromatic rings. The maximum atomic E-state index is 11.4. The number of amides is 1. The number of hydrogen-bond donors (Lipinski definition) is 2. The van der Waals surface area contributed by atoms with Crippen molar-refractivity contribution in [3.8, 4) is 0 Å². The third-order valence-corrected chi connectivity index (χ3v) is 1.77. The minimum atomic E-state index is -0.634. The largest absolute Gasteiger partial charge is 0.444 e. The molecule has 0 saturated carbocycles. The summed E-state index contributed by atoms with van der Waals surface area (Å²) < 4.78 is 5.04. The van der Waals surface area contributed by atoms with Gasteiger partial charge in [0.15, 0.2) is 0 Å². The summed E-state index contributed by atoms with van der Waals surface area (Å²) in [6.45, 7) is 6.91. The van der Waals surface area contributed by atoms with Gasteiger partial charge in [0.1, 0.15) is 5.60 Å². The Morgan fingerprint density at radius 3 is 2.35 bits per heavy atom. The minimum absolute atomic E-state index is 0.142. The van der Waals surface area contributed by atoms with Crippen molar-refractivity contribution in [3.05, 3.63) is 18.0 Å². The van der Waals surface area contributed by atoms with Crippen molar-refractivity contribution in [1.29, 1.82) is 0 Å². The lowest BCUT2D eigenvalue weighted by molar-refractivity contribution is 0.0634. The van der Waals surface area contributed by atoms with Gasteiger partial charge in [-0.3, -0.25) is 5.32 Å². The topological polar surface area (TPSA) is 84.3 Å². The second-order valence-corrected chi connectivity index (χ2v) is 4.64. The summed E-state index contributed by atoms with van der Waals surface area (Å²) >= 11 is 0. The van der Waals surface area contributed by atoms with Crippen LogP contribution in [0.1, 0.15) is 39.4 Å². The number of hydrogen-bond acceptors (Lipinski definition) is 5. The van der Waals surface area contributed by atoms with E-state index in [1.165, 1.54) is 12.4 Å². The first kappa shape index (κ1) is 13.4. The predicted molar refractivity (Wildman–Crippen MR) is 62.5 cm³/mol. The van der Waals surface area contributed by atoms with Crippen LogP contribution in [0.5, 0.6) is 0 Å². The second-order valence-electron chi connectivity index (χ2n) is 4.64. The van der Waals surface area contributed by atoms with Crippen LogP contribution in [-0.2, 0) is 4.74 Å². The van der Waals surface area contributed by atoms with Gasteiger partial charge in [-0.1, -0.05) is 0 Å². The van der Waals surface area contributed by atoms with Crippen LogP contribution in [0.3, 0.4) is 0 Å². The van der Waals surface area contributed by atoms with Crippen molar-refractivity contribution in [2.45, 2.75) is 39.4 Å². The van der Waals surface area contributed by atoms with Crippen LogP contribution in [0, 0.1) is 0 Å². The second kappa shape index (κ2) is 5.09. The monoisotopic (exact) mass is 239 g/mol. The molecule has 0 aliphatic heterocycles. The van der Waals surface area contributed by atoms with Gasteiger partial charge in [0, 0.05) is 18.0 Å². The summed E-state index contributed by atoms with van der Waals surface area (Å²) in [4.78, 5) is 19.2. The predicted octanol–water partition coefficient (Wildman–Crippen LogP) is 1.88. The van der Waals surface area contributed by atoms with Gasteiger partial charge >= 0.3 is 6.09 Å². The molecular weight excluding hydrogens is 222 g/mol. The van der Waals surface area contributed by atoms with Crippen molar-refractivity contribution < 1.29 is 14.6 Å². The zero-order valence-electron chi connectivity index (χ0n) is 10.4. The van der Waals surface area contributed by atoms with E-state index in [1.807, 2.05) is 0 Å². The molecule has 1 aromatic heterocycles. The van der Waals surface area contributed by atoms with E-state index in [9.17, 15) is 9.90 Å². The lowest BCUT2D eigenvalue weighted by Crippen LogP contribution is -2.27. The van der Waals surface area contributed by atoms with Gasteiger partial charge in [-0.25, -0.2) is 14.8 Å². The smallest absolute Gasteiger partial charge is 0.414 e. The van der Waals surface area contributed by atoms with Gasteiger partial charge in [0.05, 0.1) is 6.10 Å². The molecule has 17 heavy (non-hydrogen) atoms. The Morgan fingerprint density at radius 1 is 1.41 bits per heavy atom. The van der Waals surface area contributed by atoms with Crippen LogP contribution < -0.4 is 5.32 Å². The van der Waals surface area contributed by atoms with Gasteiger partial charge in [-0.15, -0.1) is 0 Å². The summed E-state index contributed by atoms with van der Waals surface area (Å²) in [5.74, 6) is 0.142. The molecule has 1 amide bonds. The van der Waals surface area contributed by atoms with Crippen LogP contribution in [0.25, 0.3) is 0 Å². The molecule has 6 nitrogen and oxygen atoms in total. The number of aromatic nitrogens is 2. The van der Waals surface area contributed by atoms with Crippen molar-refractivity contribution in [1.82, 2.24) is 9.97 Å². The van der Waals surface area contributed by atoms with E-state index in [0.29, 0.717) is 5.56 Å². The molecule has 1 heterocycles. The first-order chi connectivity index (χ1) is 7.78. The van der Waals surface area contributed by atoms with Crippen LogP contribution in [0.4, 0.5) is 10.7 Å². The molecule has 0 aliphatic carbocycles. The van der Waals surface area contributed by atoms with Crippen LogP contribution in [0.15, 0.2) is 12.4 Å². The van der Waals surface area contributed by atoms with E-state index in [-0.39, 0.29) is 5.95 Å². The maximum Gasteiger partial charge on any atom is 0.414 e. The Hall–Kier alpha value is -1.69. The molecule has 94 valence electrons. The number of rotatable bonds is 2. The van der Waals surface area contributed by atoms with Gasteiger partial charge in [-0.2, -0.15) is 0 Å². The molecule has 0 spiro atoms. The van der Waals surface area contributed by atoms with Crippen LogP contribution in [0.2, 0.25) is 0 Å². The average Bonchev–Trinajstić information content (AvgIpc) is 2.15. The normalized spacial score (nSPS) is 13.0. The van der Waals surface area contributed by atoms with Gasteiger partial charge in [0.2, 0.25) is 5.95 Å². The Kier molecular flexibility index (Phi) is 4.01. The van der Waals surface area contributed by atoms with Crippen molar-refractivity contribution >= 4 is 12.0 Å². The van der Waals surface area contributed by atoms with Gasteiger partial charge in [0.25, 0.3) is 0 Å². The highest BCUT2D eigenvalue weighted by molar-refractivity contribution is 5.82. The third kappa shape index (κ3) is 4.78. The first-order valence-corrected chi connectivity index (χ1v) is 5.28. The molecule has 0 radical (unpaired) electrons. The molecule has 1 unspecified atom stereocenters. The van der Waals surface area contributed by atoms with Crippen molar-refractivity contribution in [2.75, 3.05) is 5.32 Å². The van der Waals surface area contributed by atoms with E-state index in [1.54, 1.807) is 27.7 Å². The fourth-order valence-corrected chi connectivity index (χ4v) is 1.01. The Labute approximate surface area is 100 Å². The fraction of sp³-hybridized carbons (Fsp3) is 0.545. The highest BCUT2D eigenvalue weighted by atomic mass is 16.6. The molecule has 2 N–H and O–H groups in total. The van der Waals surface area contributed by atoms with E-state index in [2.05, 4.69) is 15.3 Å². The van der Waals surface area contributed by atoms with E-state index in [4.69, 9.17) is 4.74 Å². The molecule has 0 bridgehead atoms. The number of anilines is 1.